The standard InChI is InChI=1S/C18H26N4O2.2C2HF3O2/c1-20-7-5-19-17(20)12-21-6-4-18(13-21)14-22(8-10-23-15-18)11-16-3-2-9-24-16;2*3-2(4,5)1(6)7/h2-3,5,7,9H,4,6,8,10-15H2,1H3;2*(H,6,7). The molecule has 1 spiro atoms. The third kappa shape index (κ3) is 9.98. The number of imidazole rings is 1. The summed E-state index contributed by atoms with van der Waals surface area (Å²) in [4.78, 5) is 27.3. The Morgan fingerprint density at radius 1 is 1.03 bits per heavy atom. The van der Waals surface area contributed by atoms with E-state index in [4.69, 9.17) is 29.0 Å². The van der Waals surface area contributed by atoms with Gasteiger partial charge >= 0.3 is 24.3 Å². The van der Waals surface area contributed by atoms with Crippen LogP contribution in [0.3, 0.4) is 0 Å². The number of furan rings is 1. The first-order chi connectivity index (χ1) is 17.6. The zero-order chi connectivity index (χ0) is 28.6. The molecule has 1 atom stereocenters. The Morgan fingerprint density at radius 3 is 2.08 bits per heavy atom. The summed E-state index contributed by atoms with van der Waals surface area (Å²) in [7, 11) is 2.06. The van der Waals surface area contributed by atoms with Crippen LogP contribution < -0.4 is 0 Å². The van der Waals surface area contributed by atoms with E-state index in [9.17, 15) is 26.3 Å². The lowest BCUT2D eigenvalue weighted by Gasteiger charge is -2.31. The lowest BCUT2D eigenvalue weighted by Crippen LogP contribution is -2.40. The topological polar surface area (TPSA) is 121 Å². The average molecular weight is 558 g/mol. The fraction of sp³-hybridized carbons (Fsp3) is 0.591. The van der Waals surface area contributed by atoms with Gasteiger partial charge in [0.2, 0.25) is 0 Å². The molecule has 0 aliphatic carbocycles. The molecule has 2 aromatic heterocycles. The molecular formula is C22H28F6N4O6. The van der Waals surface area contributed by atoms with E-state index in [1.165, 1.54) is 6.42 Å². The van der Waals surface area contributed by atoms with E-state index in [0.717, 1.165) is 64.1 Å². The molecule has 2 aromatic rings. The number of carboxylic acid groups (broad SMARTS) is 2. The summed E-state index contributed by atoms with van der Waals surface area (Å²) in [5.74, 6) is -3.34. The van der Waals surface area contributed by atoms with Crippen molar-refractivity contribution >= 4 is 11.9 Å². The van der Waals surface area contributed by atoms with Gasteiger partial charge in [0.15, 0.2) is 0 Å². The van der Waals surface area contributed by atoms with Crippen LogP contribution in [0.4, 0.5) is 26.3 Å². The van der Waals surface area contributed by atoms with Gasteiger partial charge < -0.3 is 23.9 Å². The first kappa shape index (κ1) is 31.1. The van der Waals surface area contributed by atoms with Crippen LogP contribution in [0.5, 0.6) is 0 Å². The minimum absolute atomic E-state index is 0.230. The minimum Gasteiger partial charge on any atom is -0.475 e. The van der Waals surface area contributed by atoms with Crippen molar-refractivity contribution in [2.24, 2.45) is 12.5 Å². The van der Waals surface area contributed by atoms with Crippen LogP contribution in [-0.2, 0) is 34.5 Å². The van der Waals surface area contributed by atoms with Gasteiger partial charge in [-0.25, -0.2) is 14.6 Å². The molecule has 2 saturated heterocycles. The smallest absolute Gasteiger partial charge is 0.475 e. The third-order valence-corrected chi connectivity index (χ3v) is 5.77. The molecule has 0 saturated carbocycles. The molecule has 2 aliphatic heterocycles. The van der Waals surface area contributed by atoms with Crippen molar-refractivity contribution in [3.05, 3.63) is 42.4 Å². The summed E-state index contributed by atoms with van der Waals surface area (Å²) in [5, 5.41) is 14.2. The van der Waals surface area contributed by atoms with Crippen LogP contribution in [-0.4, -0.2) is 93.2 Å². The summed E-state index contributed by atoms with van der Waals surface area (Å²) in [6.07, 6.45) is -3.34. The molecule has 38 heavy (non-hydrogen) atoms. The molecule has 4 heterocycles. The molecule has 214 valence electrons. The molecule has 2 aliphatic rings. The van der Waals surface area contributed by atoms with Gasteiger partial charge in [-0.3, -0.25) is 9.80 Å². The third-order valence-electron chi connectivity index (χ3n) is 5.77. The normalized spacial score (nSPS) is 20.7. The molecule has 0 radical (unpaired) electrons. The lowest BCUT2D eigenvalue weighted by atomic mass is 9.87. The Morgan fingerprint density at radius 2 is 1.61 bits per heavy atom. The van der Waals surface area contributed by atoms with Crippen LogP contribution in [0.15, 0.2) is 35.2 Å². The SMILES string of the molecule is Cn1ccnc1CN1CCC2(COCCN(Cc3ccco3)C2)C1.O=C(O)C(F)(F)F.O=C(O)C(F)(F)F. The van der Waals surface area contributed by atoms with Gasteiger partial charge in [-0.05, 0) is 25.1 Å². The Labute approximate surface area is 213 Å². The van der Waals surface area contributed by atoms with Gasteiger partial charge in [0.05, 0.1) is 32.6 Å². The van der Waals surface area contributed by atoms with Gasteiger partial charge in [-0.1, -0.05) is 0 Å². The van der Waals surface area contributed by atoms with Crippen molar-refractivity contribution in [1.82, 2.24) is 19.4 Å². The fourth-order valence-electron chi connectivity index (χ4n) is 4.00. The Hall–Kier alpha value is -3.11. The number of nitrogens with zero attached hydrogens (tertiary/aromatic N) is 4. The van der Waals surface area contributed by atoms with E-state index >= 15 is 0 Å². The molecule has 0 amide bonds. The van der Waals surface area contributed by atoms with Crippen LogP contribution in [0.25, 0.3) is 0 Å². The van der Waals surface area contributed by atoms with Crippen LogP contribution in [0.2, 0.25) is 0 Å². The van der Waals surface area contributed by atoms with Gasteiger partial charge in [0.25, 0.3) is 0 Å². The highest BCUT2D eigenvalue weighted by Gasteiger charge is 2.41. The van der Waals surface area contributed by atoms with E-state index < -0.39 is 24.3 Å². The number of halogens is 6. The van der Waals surface area contributed by atoms with E-state index in [2.05, 4.69) is 32.5 Å². The summed E-state index contributed by atoms with van der Waals surface area (Å²) in [6.45, 7) is 7.70. The number of rotatable bonds is 4. The molecule has 2 N–H and O–H groups in total. The predicted octanol–water partition coefficient (Wildman–Crippen LogP) is 3.00. The highest BCUT2D eigenvalue weighted by atomic mass is 19.4. The first-order valence-electron chi connectivity index (χ1n) is 11.2. The highest BCUT2D eigenvalue weighted by molar-refractivity contribution is 5.73. The summed E-state index contributed by atoms with van der Waals surface area (Å²) < 4.78 is 77.1. The summed E-state index contributed by atoms with van der Waals surface area (Å²) >= 11 is 0. The molecule has 1 unspecified atom stereocenters. The zero-order valence-corrected chi connectivity index (χ0v) is 20.3. The van der Waals surface area contributed by atoms with E-state index in [1.807, 2.05) is 18.5 Å². The number of aryl methyl sites for hydroxylation is 1. The molecule has 16 heteroatoms. The number of aliphatic carboxylic acids is 2. The summed E-state index contributed by atoms with van der Waals surface area (Å²) in [5.41, 5.74) is 0.230. The quantitative estimate of drug-likeness (QED) is 0.546. The Balaban J connectivity index is 0.000000301. The molecular weight excluding hydrogens is 530 g/mol. The van der Waals surface area contributed by atoms with Crippen molar-refractivity contribution < 1.29 is 55.3 Å². The van der Waals surface area contributed by atoms with Gasteiger partial charge in [0, 0.05) is 44.5 Å². The minimum atomic E-state index is -5.08. The monoisotopic (exact) mass is 558 g/mol. The molecule has 0 aromatic carbocycles. The van der Waals surface area contributed by atoms with Crippen molar-refractivity contribution in [3.63, 3.8) is 0 Å². The largest absolute Gasteiger partial charge is 0.490 e. The maximum atomic E-state index is 10.6. The zero-order valence-electron chi connectivity index (χ0n) is 20.3. The van der Waals surface area contributed by atoms with Gasteiger partial charge in [0.1, 0.15) is 11.6 Å². The van der Waals surface area contributed by atoms with E-state index in [1.54, 1.807) is 6.26 Å². The number of ether oxygens (including phenoxy) is 1. The number of aromatic nitrogens is 2. The second-order valence-corrected chi connectivity index (χ2v) is 8.86. The molecule has 10 nitrogen and oxygen atoms in total. The number of carbonyl (C=O) groups is 2. The highest BCUT2D eigenvalue weighted by Crippen LogP contribution is 2.34. The Kier molecular flexibility index (Phi) is 10.7. The molecule has 2 fully saturated rings. The maximum absolute atomic E-state index is 10.6. The van der Waals surface area contributed by atoms with Crippen molar-refractivity contribution in [1.29, 1.82) is 0 Å². The molecule has 0 bridgehead atoms. The number of hydrogen-bond donors (Lipinski definition) is 2. The van der Waals surface area contributed by atoms with Crippen molar-refractivity contribution in [3.8, 4) is 0 Å². The maximum Gasteiger partial charge on any atom is 0.490 e. The van der Waals surface area contributed by atoms with Crippen LogP contribution in [0.1, 0.15) is 18.0 Å². The second kappa shape index (κ2) is 13.1. The fourth-order valence-corrected chi connectivity index (χ4v) is 4.00. The number of alkyl halides is 6. The van der Waals surface area contributed by atoms with Crippen LogP contribution >= 0.6 is 0 Å². The van der Waals surface area contributed by atoms with Crippen LogP contribution in [0, 0.1) is 5.41 Å². The number of hydrogen-bond acceptors (Lipinski definition) is 7. The van der Waals surface area contributed by atoms with Crippen molar-refractivity contribution in [2.45, 2.75) is 31.9 Å². The number of carboxylic acids is 2. The average Bonchev–Trinajstić information content (AvgIpc) is 3.51. The first-order valence-corrected chi connectivity index (χ1v) is 11.2. The van der Waals surface area contributed by atoms with Crippen molar-refractivity contribution in [2.75, 3.05) is 39.4 Å². The predicted molar refractivity (Wildman–Crippen MR) is 118 cm³/mol. The summed E-state index contributed by atoms with van der Waals surface area (Å²) in [6, 6.07) is 4.02. The Bertz CT molecular complexity index is 1000. The van der Waals surface area contributed by atoms with Gasteiger partial charge in [-0.15, -0.1) is 0 Å². The van der Waals surface area contributed by atoms with E-state index in [-0.39, 0.29) is 5.41 Å². The van der Waals surface area contributed by atoms with Gasteiger partial charge in [-0.2, -0.15) is 26.3 Å². The van der Waals surface area contributed by atoms with E-state index in [0.29, 0.717) is 0 Å². The number of likely N-dealkylation sites (tertiary alicyclic amines) is 1. The second-order valence-electron chi connectivity index (χ2n) is 8.86. The lowest BCUT2D eigenvalue weighted by molar-refractivity contribution is -0.193. The molecule has 4 rings (SSSR count).